The molecule has 118 valence electrons. The van der Waals surface area contributed by atoms with Crippen LogP contribution in [0, 0.1) is 20.8 Å². The van der Waals surface area contributed by atoms with E-state index in [0.717, 1.165) is 24.4 Å². The molecular formula is C16H22N4O2. The van der Waals surface area contributed by atoms with Gasteiger partial charge < -0.3 is 10.2 Å². The molecule has 6 nitrogen and oxygen atoms in total. The van der Waals surface area contributed by atoms with Gasteiger partial charge >= 0.3 is 0 Å². The van der Waals surface area contributed by atoms with Crippen molar-refractivity contribution in [1.82, 2.24) is 14.8 Å². The summed E-state index contributed by atoms with van der Waals surface area (Å²) in [6, 6.07) is 2.05. The fraction of sp³-hybridized carbons (Fsp3) is 0.438. The minimum absolute atomic E-state index is 0.0776. The van der Waals surface area contributed by atoms with E-state index in [4.69, 9.17) is 0 Å². The molecule has 0 spiro atoms. The normalized spacial score (nSPS) is 11.5. The molecule has 0 radical (unpaired) electrons. The summed E-state index contributed by atoms with van der Waals surface area (Å²) < 4.78 is 1.97. The van der Waals surface area contributed by atoms with Gasteiger partial charge in [0.05, 0.1) is 18.0 Å². The van der Waals surface area contributed by atoms with Crippen LogP contribution < -0.4 is 0 Å². The predicted molar refractivity (Wildman–Crippen MR) is 85.3 cm³/mol. The number of aromatic hydroxyl groups is 1. The van der Waals surface area contributed by atoms with Gasteiger partial charge in [-0.25, -0.2) is 0 Å². The van der Waals surface area contributed by atoms with Gasteiger partial charge in [-0.2, -0.15) is 5.10 Å². The van der Waals surface area contributed by atoms with E-state index in [0.29, 0.717) is 23.4 Å². The quantitative estimate of drug-likeness (QED) is 0.630. The number of pyridine rings is 1. The SMILES string of the molecule is Cc1cc(C)n(CCCN=Cc2c(CO)cnc(C)c2O)n1. The third-order valence-electron chi connectivity index (χ3n) is 3.51. The number of aliphatic hydroxyl groups is 1. The highest BCUT2D eigenvalue weighted by Gasteiger charge is 2.08. The number of nitrogens with zero attached hydrogens (tertiary/aromatic N) is 4. The maximum atomic E-state index is 10.0. The fourth-order valence-electron chi connectivity index (χ4n) is 2.29. The van der Waals surface area contributed by atoms with Crippen molar-refractivity contribution >= 4 is 6.21 Å². The molecule has 2 aromatic rings. The van der Waals surface area contributed by atoms with Gasteiger partial charge in [-0.3, -0.25) is 14.7 Å². The Hall–Kier alpha value is -2.21. The van der Waals surface area contributed by atoms with Crippen LogP contribution in [0.2, 0.25) is 0 Å². The van der Waals surface area contributed by atoms with Gasteiger partial charge in [0.2, 0.25) is 0 Å². The molecule has 0 aromatic carbocycles. The first-order valence-corrected chi connectivity index (χ1v) is 7.32. The zero-order valence-electron chi connectivity index (χ0n) is 13.2. The molecule has 0 saturated heterocycles. The van der Waals surface area contributed by atoms with E-state index in [-0.39, 0.29) is 12.4 Å². The van der Waals surface area contributed by atoms with Crippen molar-refractivity contribution in [3.63, 3.8) is 0 Å². The second kappa shape index (κ2) is 7.17. The van der Waals surface area contributed by atoms with E-state index < -0.39 is 0 Å². The minimum Gasteiger partial charge on any atom is -0.505 e. The summed E-state index contributed by atoms with van der Waals surface area (Å²) in [7, 11) is 0. The molecule has 0 fully saturated rings. The second-order valence-electron chi connectivity index (χ2n) is 5.33. The highest BCUT2D eigenvalue weighted by Crippen LogP contribution is 2.21. The van der Waals surface area contributed by atoms with E-state index >= 15 is 0 Å². The van der Waals surface area contributed by atoms with E-state index in [2.05, 4.69) is 21.1 Å². The monoisotopic (exact) mass is 302 g/mol. The minimum atomic E-state index is -0.173. The fourth-order valence-corrected chi connectivity index (χ4v) is 2.29. The summed E-state index contributed by atoms with van der Waals surface area (Å²) in [5, 5.41) is 23.7. The summed E-state index contributed by atoms with van der Waals surface area (Å²) >= 11 is 0. The van der Waals surface area contributed by atoms with Gasteiger partial charge in [-0.15, -0.1) is 0 Å². The molecule has 6 heteroatoms. The second-order valence-corrected chi connectivity index (χ2v) is 5.33. The Balaban J connectivity index is 1.96. The lowest BCUT2D eigenvalue weighted by Crippen LogP contribution is -2.04. The van der Waals surface area contributed by atoms with Crippen molar-refractivity contribution in [1.29, 1.82) is 0 Å². The molecule has 22 heavy (non-hydrogen) atoms. The standard InChI is InChI=1S/C16H22N4O2/c1-11-7-12(2)20(19-11)6-4-5-17-9-15-14(10-21)8-18-13(3)16(15)22/h7-9,21-22H,4-6,10H2,1-3H3. The van der Waals surface area contributed by atoms with Crippen molar-refractivity contribution < 1.29 is 10.2 Å². The van der Waals surface area contributed by atoms with Crippen LogP contribution in [0.3, 0.4) is 0 Å². The lowest BCUT2D eigenvalue weighted by atomic mass is 10.1. The molecular weight excluding hydrogens is 280 g/mol. The number of aryl methyl sites for hydroxylation is 4. The average Bonchev–Trinajstić information content (AvgIpc) is 2.81. The number of hydrogen-bond donors (Lipinski definition) is 2. The first kappa shape index (κ1) is 16.2. The molecule has 2 heterocycles. The van der Waals surface area contributed by atoms with Gasteiger partial charge in [-0.1, -0.05) is 0 Å². The smallest absolute Gasteiger partial charge is 0.145 e. The molecule has 0 amide bonds. The molecule has 2 aromatic heterocycles. The first-order valence-electron chi connectivity index (χ1n) is 7.32. The molecule has 0 aliphatic carbocycles. The summed E-state index contributed by atoms with van der Waals surface area (Å²) in [6.07, 6.45) is 4.03. The Bertz CT molecular complexity index is 677. The van der Waals surface area contributed by atoms with E-state index in [1.165, 1.54) is 0 Å². The van der Waals surface area contributed by atoms with Crippen molar-refractivity contribution in [3.05, 3.63) is 40.5 Å². The molecule has 0 atom stereocenters. The Labute approximate surface area is 130 Å². The van der Waals surface area contributed by atoms with E-state index in [9.17, 15) is 10.2 Å². The maximum Gasteiger partial charge on any atom is 0.145 e. The van der Waals surface area contributed by atoms with Crippen LogP contribution in [-0.4, -0.2) is 37.7 Å². The van der Waals surface area contributed by atoms with Crippen molar-refractivity contribution in [2.24, 2.45) is 4.99 Å². The first-order chi connectivity index (χ1) is 10.5. The zero-order chi connectivity index (χ0) is 16.1. The molecule has 2 rings (SSSR count). The van der Waals surface area contributed by atoms with Crippen LogP contribution >= 0.6 is 0 Å². The van der Waals surface area contributed by atoms with Crippen LogP contribution in [0.4, 0.5) is 0 Å². The number of aliphatic hydroxyl groups excluding tert-OH is 1. The Kier molecular flexibility index (Phi) is 5.27. The van der Waals surface area contributed by atoms with Crippen LogP contribution in [-0.2, 0) is 13.2 Å². The molecule has 0 aliphatic heterocycles. The van der Waals surface area contributed by atoms with Crippen LogP contribution in [0.1, 0.15) is 34.6 Å². The Morgan fingerprint density at radius 2 is 2.09 bits per heavy atom. The number of aliphatic imine (C=N–C) groups is 1. The highest BCUT2D eigenvalue weighted by molar-refractivity contribution is 5.85. The van der Waals surface area contributed by atoms with E-state index in [1.807, 2.05) is 18.5 Å². The topological polar surface area (TPSA) is 83.5 Å². The molecule has 2 N–H and O–H groups in total. The van der Waals surface area contributed by atoms with Gasteiger partial charge in [0.1, 0.15) is 5.75 Å². The summed E-state index contributed by atoms with van der Waals surface area (Å²) in [4.78, 5) is 8.36. The summed E-state index contributed by atoms with van der Waals surface area (Å²) in [5.41, 5.74) is 3.81. The Morgan fingerprint density at radius 1 is 1.32 bits per heavy atom. The van der Waals surface area contributed by atoms with Gasteiger partial charge in [0.15, 0.2) is 0 Å². The molecule has 0 saturated carbocycles. The van der Waals surface area contributed by atoms with E-state index in [1.54, 1.807) is 19.3 Å². The molecule has 0 aliphatic rings. The highest BCUT2D eigenvalue weighted by atomic mass is 16.3. The lowest BCUT2D eigenvalue weighted by molar-refractivity contribution is 0.280. The van der Waals surface area contributed by atoms with Crippen molar-refractivity contribution in [2.75, 3.05) is 6.54 Å². The predicted octanol–water partition coefficient (Wildman–Crippen LogP) is 1.91. The van der Waals surface area contributed by atoms with Crippen molar-refractivity contribution in [3.8, 4) is 5.75 Å². The number of aromatic nitrogens is 3. The molecule has 0 unspecified atom stereocenters. The third-order valence-corrected chi connectivity index (χ3v) is 3.51. The number of hydrogen-bond acceptors (Lipinski definition) is 5. The third kappa shape index (κ3) is 3.71. The van der Waals surface area contributed by atoms with Crippen molar-refractivity contribution in [2.45, 2.75) is 40.3 Å². The number of rotatable bonds is 6. The van der Waals surface area contributed by atoms with Crippen LogP contribution in [0.15, 0.2) is 17.3 Å². The lowest BCUT2D eigenvalue weighted by Gasteiger charge is -2.07. The van der Waals surface area contributed by atoms with Gasteiger partial charge in [0, 0.05) is 42.3 Å². The molecule has 0 bridgehead atoms. The largest absolute Gasteiger partial charge is 0.505 e. The maximum absolute atomic E-state index is 10.0. The van der Waals surface area contributed by atoms with Crippen LogP contribution in [0.5, 0.6) is 5.75 Å². The van der Waals surface area contributed by atoms with Gasteiger partial charge in [-0.05, 0) is 33.3 Å². The summed E-state index contributed by atoms with van der Waals surface area (Å²) in [5.74, 6) is 0.0776. The average molecular weight is 302 g/mol. The van der Waals surface area contributed by atoms with Crippen LogP contribution in [0.25, 0.3) is 0 Å². The Morgan fingerprint density at radius 3 is 2.73 bits per heavy atom. The van der Waals surface area contributed by atoms with Gasteiger partial charge in [0.25, 0.3) is 0 Å². The zero-order valence-corrected chi connectivity index (χ0v) is 13.2. The summed E-state index contributed by atoms with van der Waals surface area (Å²) in [6.45, 7) is 7.00.